The fourth-order valence-corrected chi connectivity index (χ4v) is 1.60. The molecule has 1 atom stereocenters. The molecule has 0 saturated heterocycles. The van der Waals surface area contributed by atoms with E-state index in [-0.39, 0.29) is 23.0 Å². The molecule has 0 aliphatic rings. The van der Waals surface area contributed by atoms with Crippen molar-refractivity contribution in [3.05, 3.63) is 33.3 Å². The van der Waals surface area contributed by atoms with Crippen LogP contribution in [0.5, 0.6) is 0 Å². The molecule has 0 heterocycles. The molecule has 1 aromatic carbocycles. The summed E-state index contributed by atoms with van der Waals surface area (Å²) in [6.45, 7) is 0. The topological polar surface area (TPSA) is 26.0 Å². The van der Waals surface area contributed by atoms with Crippen LogP contribution in [-0.2, 0) is 0 Å². The Hall–Kier alpha value is 0.0300. The molecule has 1 aromatic rings. The van der Waals surface area contributed by atoms with Gasteiger partial charge in [-0.15, -0.1) is 12.4 Å². The second-order valence-corrected chi connectivity index (χ2v) is 3.98. The predicted molar refractivity (Wildman–Crippen MR) is 59.4 cm³/mol. The third-order valence-corrected chi connectivity index (χ3v) is 2.60. The van der Waals surface area contributed by atoms with Crippen molar-refractivity contribution in [2.75, 3.05) is 0 Å². The van der Waals surface area contributed by atoms with Gasteiger partial charge in [0.25, 0.3) is 0 Å². The highest BCUT2D eigenvalue weighted by Gasteiger charge is 2.38. The molecular formula is C8H7BrCl2F3N. The van der Waals surface area contributed by atoms with E-state index in [2.05, 4.69) is 15.9 Å². The van der Waals surface area contributed by atoms with Crippen LogP contribution in [0.15, 0.2) is 22.7 Å². The minimum Gasteiger partial charge on any atom is -0.316 e. The molecule has 0 unspecified atom stereocenters. The second kappa shape index (κ2) is 5.39. The van der Waals surface area contributed by atoms with E-state index in [4.69, 9.17) is 17.3 Å². The highest BCUT2D eigenvalue weighted by atomic mass is 79.9. The van der Waals surface area contributed by atoms with E-state index in [1.807, 2.05) is 0 Å². The summed E-state index contributed by atoms with van der Waals surface area (Å²) in [7, 11) is 0. The van der Waals surface area contributed by atoms with Gasteiger partial charge in [-0.25, -0.2) is 0 Å². The third-order valence-electron chi connectivity index (χ3n) is 1.65. The van der Waals surface area contributed by atoms with Crippen LogP contribution < -0.4 is 5.73 Å². The van der Waals surface area contributed by atoms with Gasteiger partial charge in [0.1, 0.15) is 6.04 Å². The Morgan fingerprint density at radius 2 is 1.87 bits per heavy atom. The maximum atomic E-state index is 12.3. The molecule has 86 valence electrons. The highest BCUT2D eigenvalue weighted by molar-refractivity contribution is 9.10. The second-order valence-electron chi connectivity index (χ2n) is 2.69. The normalized spacial score (nSPS) is 13.2. The lowest BCUT2D eigenvalue weighted by molar-refractivity contribution is -0.149. The predicted octanol–water partition coefficient (Wildman–Crippen LogP) is 4.09. The Labute approximate surface area is 104 Å². The van der Waals surface area contributed by atoms with Crippen LogP contribution in [0.2, 0.25) is 5.02 Å². The van der Waals surface area contributed by atoms with Gasteiger partial charge in [-0.1, -0.05) is 27.5 Å². The molecule has 0 spiro atoms. The van der Waals surface area contributed by atoms with E-state index in [0.29, 0.717) is 4.47 Å². The Balaban J connectivity index is 0.00000196. The van der Waals surface area contributed by atoms with Crippen molar-refractivity contribution in [1.82, 2.24) is 0 Å². The molecule has 1 rings (SSSR count). The lowest BCUT2D eigenvalue weighted by Crippen LogP contribution is -2.28. The van der Waals surface area contributed by atoms with Gasteiger partial charge < -0.3 is 5.73 Å². The minimum atomic E-state index is -4.47. The van der Waals surface area contributed by atoms with Gasteiger partial charge in [0.15, 0.2) is 0 Å². The summed E-state index contributed by atoms with van der Waals surface area (Å²) < 4.78 is 37.1. The maximum Gasteiger partial charge on any atom is 0.407 e. The van der Waals surface area contributed by atoms with Crippen LogP contribution in [0, 0.1) is 0 Å². The number of benzene rings is 1. The van der Waals surface area contributed by atoms with E-state index in [1.165, 1.54) is 18.2 Å². The summed E-state index contributed by atoms with van der Waals surface area (Å²) in [5.41, 5.74) is 4.96. The van der Waals surface area contributed by atoms with Crippen molar-refractivity contribution in [1.29, 1.82) is 0 Å². The smallest absolute Gasteiger partial charge is 0.316 e. The number of hydrogen-bond acceptors (Lipinski definition) is 1. The fourth-order valence-electron chi connectivity index (χ4n) is 0.929. The first kappa shape index (κ1) is 15.0. The molecule has 0 aliphatic carbocycles. The van der Waals surface area contributed by atoms with Crippen molar-refractivity contribution in [2.24, 2.45) is 5.73 Å². The molecule has 0 saturated carbocycles. The van der Waals surface area contributed by atoms with Gasteiger partial charge in [0.05, 0.1) is 0 Å². The van der Waals surface area contributed by atoms with Gasteiger partial charge in [-0.05, 0) is 23.8 Å². The SMILES string of the molecule is Cl.N[C@H](c1cc(Cl)ccc1Br)C(F)(F)F. The first-order valence-corrected chi connectivity index (χ1v) is 4.76. The van der Waals surface area contributed by atoms with Crippen LogP contribution in [0.25, 0.3) is 0 Å². The number of nitrogens with two attached hydrogens (primary N) is 1. The van der Waals surface area contributed by atoms with Crippen LogP contribution in [0.4, 0.5) is 13.2 Å². The van der Waals surface area contributed by atoms with Crippen molar-refractivity contribution in [3.8, 4) is 0 Å². The molecule has 0 aromatic heterocycles. The average molecular weight is 325 g/mol. The van der Waals surface area contributed by atoms with E-state index in [1.54, 1.807) is 0 Å². The molecule has 0 fully saturated rings. The van der Waals surface area contributed by atoms with E-state index >= 15 is 0 Å². The van der Waals surface area contributed by atoms with Crippen molar-refractivity contribution >= 4 is 39.9 Å². The van der Waals surface area contributed by atoms with E-state index < -0.39 is 12.2 Å². The summed E-state index contributed by atoms with van der Waals surface area (Å²) in [5, 5.41) is 0.225. The van der Waals surface area contributed by atoms with Gasteiger partial charge in [-0.3, -0.25) is 0 Å². The first-order chi connectivity index (χ1) is 6.32. The van der Waals surface area contributed by atoms with Crippen LogP contribution in [0.1, 0.15) is 11.6 Å². The lowest BCUT2D eigenvalue weighted by Gasteiger charge is -2.17. The Morgan fingerprint density at radius 1 is 1.33 bits per heavy atom. The fraction of sp³-hybridized carbons (Fsp3) is 0.250. The first-order valence-electron chi connectivity index (χ1n) is 3.59. The highest BCUT2D eigenvalue weighted by Crippen LogP contribution is 2.35. The third kappa shape index (κ3) is 3.83. The van der Waals surface area contributed by atoms with Crippen LogP contribution in [-0.4, -0.2) is 6.18 Å². The summed E-state index contributed by atoms with van der Waals surface area (Å²) in [6, 6.07) is 2.10. The van der Waals surface area contributed by atoms with Gasteiger partial charge in [0, 0.05) is 9.50 Å². The molecule has 15 heavy (non-hydrogen) atoms. The average Bonchev–Trinajstić information content (AvgIpc) is 2.06. The van der Waals surface area contributed by atoms with E-state index in [0.717, 1.165) is 0 Å². The zero-order chi connectivity index (χ0) is 10.9. The van der Waals surface area contributed by atoms with Gasteiger partial charge >= 0.3 is 6.18 Å². The molecule has 1 nitrogen and oxygen atoms in total. The van der Waals surface area contributed by atoms with Crippen molar-refractivity contribution < 1.29 is 13.2 Å². The molecule has 2 N–H and O–H groups in total. The van der Waals surface area contributed by atoms with Crippen LogP contribution in [0.3, 0.4) is 0 Å². The Bertz CT molecular complexity index is 343. The van der Waals surface area contributed by atoms with Crippen molar-refractivity contribution in [2.45, 2.75) is 12.2 Å². The zero-order valence-electron chi connectivity index (χ0n) is 7.18. The minimum absolute atomic E-state index is 0. The molecule has 0 aliphatic heterocycles. The summed E-state index contributed by atoms with van der Waals surface area (Å²) >= 11 is 8.55. The monoisotopic (exact) mass is 323 g/mol. The summed E-state index contributed by atoms with van der Waals surface area (Å²) in [5.74, 6) is 0. The lowest BCUT2D eigenvalue weighted by atomic mass is 10.1. The molecule has 7 heteroatoms. The maximum absolute atomic E-state index is 12.3. The number of hydrogen-bond donors (Lipinski definition) is 1. The molecular weight excluding hydrogens is 318 g/mol. The van der Waals surface area contributed by atoms with E-state index in [9.17, 15) is 13.2 Å². The molecule has 0 radical (unpaired) electrons. The summed E-state index contributed by atoms with van der Waals surface area (Å²) in [4.78, 5) is 0. The van der Waals surface area contributed by atoms with Crippen LogP contribution >= 0.6 is 39.9 Å². The standard InChI is InChI=1S/C8H6BrClF3N.ClH/c9-6-2-1-4(10)3-5(6)7(14)8(11,12)13;/h1-3,7H,14H2;1H/t7-;/m1./s1. The zero-order valence-corrected chi connectivity index (χ0v) is 10.3. The number of halogens is 6. The Morgan fingerprint density at radius 3 is 2.33 bits per heavy atom. The molecule has 0 amide bonds. The Kier molecular flexibility index (Phi) is 5.40. The van der Waals surface area contributed by atoms with Gasteiger partial charge in [0.2, 0.25) is 0 Å². The number of rotatable bonds is 1. The van der Waals surface area contributed by atoms with Crippen molar-refractivity contribution in [3.63, 3.8) is 0 Å². The summed E-state index contributed by atoms with van der Waals surface area (Å²) in [6.07, 6.45) is -4.47. The van der Waals surface area contributed by atoms with Gasteiger partial charge in [-0.2, -0.15) is 13.2 Å². The molecule has 0 bridgehead atoms. The quantitative estimate of drug-likeness (QED) is 0.827. The largest absolute Gasteiger partial charge is 0.407 e. The number of alkyl halides is 3.